The standard InChI is InChI=1S/C16H23N3O.2ClH/c1-12(13-10-17-11-13)16(20)18-14-5-4-6-15(9-14)19-7-2-3-8-19;;/h4-6,9,12-13,17H,2-3,7-8,10-11H2,1H3,(H,18,20);2*1H. The number of carbonyl (C=O) groups excluding carboxylic acids is 1. The second-order valence-corrected chi connectivity index (χ2v) is 5.94. The Morgan fingerprint density at radius 3 is 2.55 bits per heavy atom. The van der Waals surface area contributed by atoms with Crippen molar-refractivity contribution in [2.75, 3.05) is 36.4 Å². The zero-order chi connectivity index (χ0) is 13.9. The fourth-order valence-electron chi connectivity index (χ4n) is 2.89. The van der Waals surface area contributed by atoms with Crippen molar-refractivity contribution in [1.29, 1.82) is 0 Å². The lowest BCUT2D eigenvalue weighted by atomic mass is 9.88. The Kier molecular flexibility index (Phi) is 7.46. The summed E-state index contributed by atoms with van der Waals surface area (Å²) in [6.07, 6.45) is 2.53. The van der Waals surface area contributed by atoms with E-state index in [1.165, 1.54) is 18.5 Å². The zero-order valence-electron chi connectivity index (χ0n) is 12.9. The summed E-state index contributed by atoms with van der Waals surface area (Å²) in [4.78, 5) is 14.6. The summed E-state index contributed by atoms with van der Waals surface area (Å²) < 4.78 is 0. The highest BCUT2D eigenvalue weighted by molar-refractivity contribution is 5.93. The van der Waals surface area contributed by atoms with Crippen molar-refractivity contribution in [3.63, 3.8) is 0 Å². The minimum Gasteiger partial charge on any atom is -0.371 e. The summed E-state index contributed by atoms with van der Waals surface area (Å²) in [6.45, 7) is 6.19. The third-order valence-corrected chi connectivity index (χ3v) is 4.52. The van der Waals surface area contributed by atoms with Crippen LogP contribution >= 0.6 is 24.8 Å². The second-order valence-electron chi connectivity index (χ2n) is 5.94. The Balaban J connectivity index is 0.00000121. The Hall–Kier alpha value is -0.970. The minimum absolute atomic E-state index is 0. The molecule has 2 fully saturated rings. The molecule has 1 aromatic carbocycles. The van der Waals surface area contributed by atoms with Crippen LogP contribution in [0.3, 0.4) is 0 Å². The van der Waals surface area contributed by atoms with Gasteiger partial charge in [-0.2, -0.15) is 0 Å². The van der Waals surface area contributed by atoms with Gasteiger partial charge in [0.25, 0.3) is 0 Å². The van der Waals surface area contributed by atoms with Gasteiger partial charge in [0.15, 0.2) is 0 Å². The maximum atomic E-state index is 12.2. The fraction of sp³-hybridized carbons (Fsp3) is 0.562. The van der Waals surface area contributed by atoms with Crippen molar-refractivity contribution >= 4 is 42.1 Å². The van der Waals surface area contributed by atoms with Gasteiger partial charge in [0.05, 0.1) is 0 Å². The molecule has 1 aromatic rings. The predicted octanol–water partition coefficient (Wildman–Crippen LogP) is 2.92. The van der Waals surface area contributed by atoms with Crippen molar-refractivity contribution in [1.82, 2.24) is 5.32 Å². The smallest absolute Gasteiger partial charge is 0.227 e. The summed E-state index contributed by atoms with van der Waals surface area (Å²) >= 11 is 0. The van der Waals surface area contributed by atoms with E-state index in [1.807, 2.05) is 19.1 Å². The highest BCUT2D eigenvalue weighted by Crippen LogP contribution is 2.24. The second kappa shape index (κ2) is 8.61. The van der Waals surface area contributed by atoms with Gasteiger partial charge in [-0.1, -0.05) is 13.0 Å². The number of halogens is 2. The van der Waals surface area contributed by atoms with E-state index in [0.29, 0.717) is 5.92 Å². The summed E-state index contributed by atoms with van der Waals surface area (Å²) in [5.41, 5.74) is 2.14. The van der Waals surface area contributed by atoms with Crippen LogP contribution in [0.4, 0.5) is 11.4 Å². The maximum absolute atomic E-state index is 12.2. The van der Waals surface area contributed by atoms with Crippen LogP contribution in [0.25, 0.3) is 0 Å². The van der Waals surface area contributed by atoms with Crippen LogP contribution in [0.5, 0.6) is 0 Å². The molecule has 3 rings (SSSR count). The maximum Gasteiger partial charge on any atom is 0.227 e. The van der Waals surface area contributed by atoms with Crippen LogP contribution in [0, 0.1) is 11.8 Å². The van der Waals surface area contributed by atoms with Crippen LogP contribution in [-0.4, -0.2) is 32.1 Å². The summed E-state index contributed by atoms with van der Waals surface area (Å²) in [5.74, 6) is 0.693. The van der Waals surface area contributed by atoms with Gasteiger partial charge in [0, 0.05) is 30.4 Å². The number of benzene rings is 1. The molecule has 0 radical (unpaired) electrons. The molecule has 2 N–H and O–H groups in total. The van der Waals surface area contributed by atoms with E-state index in [4.69, 9.17) is 0 Å². The van der Waals surface area contributed by atoms with Gasteiger partial charge in [-0.3, -0.25) is 4.79 Å². The molecule has 124 valence electrons. The molecule has 2 saturated heterocycles. The van der Waals surface area contributed by atoms with Gasteiger partial charge >= 0.3 is 0 Å². The van der Waals surface area contributed by atoms with Crippen molar-refractivity contribution in [2.45, 2.75) is 19.8 Å². The monoisotopic (exact) mass is 345 g/mol. The van der Waals surface area contributed by atoms with E-state index in [-0.39, 0.29) is 36.6 Å². The Morgan fingerprint density at radius 2 is 1.95 bits per heavy atom. The van der Waals surface area contributed by atoms with E-state index in [2.05, 4.69) is 27.7 Å². The first-order chi connectivity index (χ1) is 9.74. The fourth-order valence-corrected chi connectivity index (χ4v) is 2.89. The topological polar surface area (TPSA) is 44.4 Å². The van der Waals surface area contributed by atoms with Gasteiger partial charge in [-0.15, -0.1) is 24.8 Å². The Labute approximate surface area is 144 Å². The number of amides is 1. The first-order valence-electron chi connectivity index (χ1n) is 7.60. The number of carbonyl (C=O) groups is 1. The molecule has 0 saturated carbocycles. The number of anilines is 2. The van der Waals surface area contributed by atoms with Gasteiger partial charge in [0.1, 0.15) is 0 Å². The molecule has 2 aliphatic rings. The lowest BCUT2D eigenvalue weighted by molar-refractivity contribution is -0.121. The van der Waals surface area contributed by atoms with Crippen molar-refractivity contribution < 1.29 is 4.79 Å². The number of hydrogen-bond acceptors (Lipinski definition) is 3. The molecule has 0 bridgehead atoms. The molecule has 6 heteroatoms. The largest absolute Gasteiger partial charge is 0.371 e. The van der Waals surface area contributed by atoms with E-state index < -0.39 is 0 Å². The molecule has 1 unspecified atom stereocenters. The summed E-state index contributed by atoms with van der Waals surface area (Å²) in [7, 11) is 0. The summed E-state index contributed by atoms with van der Waals surface area (Å²) in [5, 5.41) is 6.28. The van der Waals surface area contributed by atoms with Crippen LogP contribution in [0.15, 0.2) is 24.3 Å². The average molecular weight is 346 g/mol. The van der Waals surface area contributed by atoms with E-state index >= 15 is 0 Å². The third-order valence-electron chi connectivity index (χ3n) is 4.52. The molecular weight excluding hydrogens is 321 g/mol. The van der Waals surface area contributed by atoms with Gasteiger partial charge in [-0.05, 0) is 50.0 Å². The van der Waals surface area contributed by atoms with Crippen LogP contribution < -0.4 is 15.5 Å². The highest BCUT2D eigenvalue weighted by atomic mass is 35.5. The lowest BCUT2D eigenvalue weighted by Crippen LogP contribution is -2.48. The van der Waals surface area contributed by atoms with Crippen molar-refractivity contribution in [3.8, 4) is 0 Å². The van der Waals surface area contributed by atoms with E-state index in [0.717, 1.165) is 31.9 Å². The number of nitrogens with zero attached hydrogens (tertiary/aromatic N) is 1. The molecule has 2 aliphatic heterocycles. The van der Waals surface area contributed by atoms with E-state index in [1.54, 1.807) is 0 Å². The first kappa shape index (κ1) is 19.1. The molecule has 0 aromatic heterocycles. The van der Waals surface area contributed by atoms with Crippen molar-refractivity contribution in [2.24, 2.45) is 11.8 Å². The lowest BCUT2D eigenvalue weighted by Gasteiger charge is -2.31. The normalized spacial score (nSPS) is 18.7. The highest BCUT2D eigenvalue weighted by Gasteiger charge is 2.28. The summed E-state index contributed by atoms with van der Waals surface area (Å²) in [6, 6.07) is 8.22. The third kappa shape index (κ3) is 4.28. The quantitative estimate of drug-likeness (QED) is 0.881. The molecule has 0 aliphatic carbocycles. The molecule has 1 atom stereocenters. The molecular formula is C16H25Cl2N3O. The molecule has 4 nitrogen and oxygen atoms in total. The van der Waals surface area contributed by atoms with Crippen LogP contribution in [0.2, 0.25) is 0 Å². The van der Waals surface area contributed by atoms with Crippen molar-refractivity contribution in [3.05, 3.63) is 24.3 Å². The average Bonchev–Trinajstić information content (AvgIpc) is 2.90. The zero-order valence-corrected chi connectivity index (χ0v) is 14.5. The predicted molar refractivity (Wildman–Crippen MR) is 96.5 cm³/mol. The van der Waals surface area contributed by atoms with E-state index in [9.17, 15) is 4.79 Å². The number of hydrogen-bond donors (Lipinski definition) is 2. The van der Waals surface area contributed by atoms with Crippen LogP contribution in [-0.2, 0) is 4.79 Å². The molecule has 22 heavy (non-hydrogen) atoms. The number of rotatable bonds is 4. The Morgan fingerprint density at radius 1 is 1.27 bits per heavy atom. The van der Waals surface area contributed by atoms with Gasteiger partial charge in [-0.25, -0.2) is 0 Å². The Bertz CT molecular complexity index is 488. The molecule has 2 heterocycles. The van der Waals surface area contributed by atoms with Gasteiger partial charge in [0.2, 0.25) is 5.91 Å². The van der Waals surface area contributed by atoms with Crippen LogP contribution in [0.1, 0.15) is 19.8 Å². The SMILES string of the molecule is CC(C(=O)Nc1cccc(N2CCCC2)c1)C1CNC1.Cl.Cl. The minimum atomic E-state index is 0. The van der Waals surface area contributed by atoms with Gasteiger partial charge < -0.3 is 15.5 Å². The number of nitrogens with one attached hydrogen (secondary N) is 2. The molecule has 1 amide bonds. The first-order valence-corrected chi connectivity index (χ1v) is 7.60. The molecule has 0 spiro atoms.